The summed E-state index contributed by atoms with van der Waals surface area (Å²) in [5, 5.41) is 21.6. The molecule has 9 heteroatoms. The van der Waals surface area contributed by atoms with Crippen LogP contribution < -0.4 is 10.2 Å². The van der Waals surface area contributed by atoms with Crippen molar-refractivity contribution in [1.82, 2.24) is 20.2 Å². The van der Waals surface area contributed by atoms with E-state index in [1.807, 2.05) is 61.5 Å². The van der Waals surface area contributed by atoms with Crippen molar-refractivity contribution < 1.29 is 14.3 Å². The van der Waals surface area contributed by atoms with E-state index in [1.165, 1.54) is 0 Å². The molecule has 0 bridgehead atoms. The molecule has 0 aliphatic carbocycles. The minimum absolute atomic E-state index is 0.140. The summed E-state index contributed by atoms with van der Waals surface area (Å²) in [6, 6.07) is 16.7. The van der Waals surface area contributed by atoms with Crippen LogP contribution in [-0.2, 0) is 4.79 Å². The molecular weight excluding hydrogens is 432 g/mol. The smallest absolute Gasteiger partial charge is 0.326 e. The second-order valence-electron chi connectivity index (χ2n) is 8.48. The molecule has 1 fully saturated rings. The van der Waals surface area contributed by atoms with Gasteiger partial charge in [0.2, 0.25) is 0 Å². The highest BCUT2D eigenvalue weighted by atomic mass is 16.4. The van der Waals surface area contributed by atoms with Crippen molar-refractivity contribution in [2.75, 3.05) is 16.8 Å². The van der Waals surface area contributed by atoms with Crippen LogP contribution in [-0.4, -0.2) is 49.9 Å². The first-order valence-corrected chi connectivity index (χ1v) is 11.1. The fraction of sp³-hybridized carbons (Fsp3) is 0.200. The minimum atomic E-state index is -0.905. The Bertz CT molecular complexity index is 1510. The zero-order valence-corrected chi connectivity index (χ0v) is 18.4. The van der Waals surface area contributed by atoms with E-state index in [9.17, 15) is 9.90 Å². The van der Waals surface area contributed by atoms with Crippen LogP contribution in [0.5, 0.6) is 0 Å². The largest absolute Gasteiger partial charge is 0.480 e. The summed E-state index contributed by atoms with van der Waals surface area (Å²) >= 11 is 0. The van der Waals surface area contributed by atoms with Gasteiger partial charge in [0.05, 0.1) is 6.20 Å². The molecule has 0 saturated carbocycles. The first kappa shape index (κ1) is 20.2. The fourth-order valence-corrected chi connectivity index (χ4v) is 4.73. The number of hydrogen-bond acceptors (Lipinski definition) is 7. The molecule has 9 nitrogen and oxygen atoms in total. The highest BCUT2D eigenvalue weighted by Crippen LogP contribution is 2.37. The molecule has 34 heavy (non-hydrogen) atoms. The van der Waals surface area contributed by atoms with Gasteiger partial charge in [-0.2, -0.15) is 5.10 Å². The first-order chi connectivity index (χ1) is 16.6. The molecule has 3 N–H and O–H groups in total. The highest BCUT2D eigenvalue weighted by Gasteiger charge is 2.39. The molecule has 5 aromatic rings. The predicted molar refractivity (Wildman–Crippen MR) is 129 cm³/mol. The standard InChI is InChI=1S/C25H22N6O3/c1-14-27-21-17-9-5-6-10-20(17)34-22(21)24(28-14)31-13-16(11-19(31)25(32)33)29-23-18(12-26-30-23)15-7-3-2-4-8-15/h2-10,12,16,19H,11,13H2,1H3,(H,32,33)(H2,26,29,30)/t16-,19-/m0/s1. The van der Waals surface area contributed by atoms with Gasteiger partial charge in [0.15, 0.2) is 11.4 Å². The van der Waals surface area contributed by atoms with Gasteiger partial charge in [-0.15, -0.1) is 0 Å². The highest BCUT2D eigenvalue weighted by molar-refractivity contribution is 6.06. The SMILES string of the molecule is Cc1nc(N2C[C@@H](Nc3[nH]ncc3-c3ccccc3)C[C@H]2C(=O)O)c2oc3ccccc3c2n1. The van der Waals surface area contributed by atoms with Crippen LogP contribution in [0.25, 0.3) is 33.2 Å². The van der Waals surface area contributed by atoms with E-state index in [-0.39, 0.29) is 6.04 Å². The molecule has 1 saturated heterocycles. The van der Waals surface area contributed by atoms with E-state index in [1.54, 1.807) is 11.1 Å². The van der Waals surface area contributed by atoms with Gasteiger partial charge in [-0.25, -0.2) is 14.8 Å². The number of nitrogens with zero attached hydrogens (tertiary/aromatic N) is 4. The van der Waals surface area contributed by atoms with Crippen LogP contribution in [0.4, 0.5) is 11.6 Å². The Kier molecular flexibility index (Phi) is 4.68. The number of aliphatic carboxylic acids is 1. The normalized spacial score (nSPS) is 18.1. The second kappa shape index (κ2) is 7.87. The van der Waals surface area contributed by atoms with Gasteiger partial charge >= 0.3 is 5.97 Å². The van der Waals surface area contributed by atoms with Crippen molar-refractivity contribution in [2.45, 2.75) is 25.4 Å². The van der Waals surface area contributed by atoms with Crippen molar-refractivity contribution in [2.24, 2.45) is 0 Å². The maximum atomic E-state index is 12.3. The van der Waals surface area contributed by atoms with Crippen LogP contribution in [0.1, 0.15) is 12.2 Å². The number of furan rings is 1. The number of aromatic amines is 1. The van der Waals surface area contributed by atoms with Crippen LogP contribution in [0, 0.1) is 6.92 Å². The minimum Gasteiger partial charge on any atom is -0.480 e. The summed E-state index contributed by atoms with van der Waals surface area (Å²) in [5.41, 5.74) is 3.86. The Morgan fingerprint density at radius 2 is 1.94 bits per heavy atom. The quantitative estimate of drug-likeness (QED) is 0.361. The molecule has 4 heterocycles. The number of aryl methyl sites for hydroxylation is 1. The number of fused-ring (bicyclic) bond motifs is 3. The summed E-state index contributed by atoms with van der Waals surface area (Å²) in [6.45, 7) is 2.25. The number of carbonyl (C=O) groups is 1. The Hall–Kier alpha value is -4.40. The molecule has 0 spiro atoms. The number of benzene rings is 2. The number of carboxylic acids is 1. The van der Waals surface area contributed by atoms with E-state index in [4.69, 9.17) is 4.42 Å². The van der Waals surface area contributed by atoms with Gasteiger partial charge < -0.3 is 19.7 Å². The van der Waals surface area contributed by atoms with Crippen LogP contribution in [0.3, 0.4) is 0 Å². The van der Waals surface area contributed by atoms with E-state index in [0.717, 1.165) is 22.3 Å². The number of aromatic nitrogens is 4. The van der Waals surface area contributed by atoms with Crippen LogP contribution in [0.2, 0.25) is 0 Å². The number of carboxylic acid groups (broad SMARTS) is 1. The lowest BCUT2D eigenvalue weighted by atomic mass is 10.1. The lowest BCUT2D eigenvalue weighted by molar-refractivity contribution is -0.138. The lowest BCUT2D eigenvalue weighted by Crippen LogP contribution is -2.37. The number of anilines is 2. The molecule has 1 aliphatic rings. The Morgan fingerprint density at radius 3 is 2.76 bits per heavy atom. The summed E-state index contributed by atoms with van der Waals surface area (Å²) < 4.78 is 6.10. The Morgan fingerprint density at radius 1 is 1.15 bits per heavy atom. The monoisotopic (exact) mass is 454 g/mol. The first-order valence-electron chi connectivity index (χ1n) is 11.1. The molecule has 2 atom stereocenters. The van der Waals surface area contributed by atoms with Crippen LogP contribution >= 0.6 is 0 Å². The zero-order chi connectivity index (χ0) is 23.2. The molecule has 0 unspecified atom stereocenters. The van der Waals surface area contributed by atoms with E-state index >= 15 is 0 Å². The number of H-pyrrole nitrogens is 1. The summed E-state index contributed by atoms with van der Waals surface area (Å²) in [4.78, 5) is 23.3. The fourth-order valence-electron chi connectivity index (χ4n) is 4.73. The third kappa shape index (κ3) is 3.33. The van der Waals surface area contributed by atoms with Crippen molar-refractivity contribution in [1.29, 1.82) is 0 Å². The average molecular weight is 454 g/mol. The number of hydrogen-bond donors (Lipinski definition) is 3. The van der Waals surface area contributed by atoms with Gasteiger partial charge in [-0.05, 0) is 24.6 Å². The van der Waals surface area contributed by atoms with E-state index < -0.39 is 12.0 Å². The summed E-state index contributed by atoms with van der Waals surface area (Å²) in [6.07, 6.45) is 2.16. The third-order valence-corrected chi connectivity index (χ3v) is 6.24. The van der Waals surface area contributed by atoms with Crippen molar-refractivity contribution in [3.8, 4) is 11.1 Å². The third-order valence-electron chi connectivity index (χ3n) is 6.24. The summed E-state index contributed by atoms with van der Waals surface area (Å²) in [5.74, 6) is 0.922. The van der Waals surface area contributed by atoms with Crippen molar-refractivity contribution in [3.63, 3.8) is 0 Å². The number of rotatable bonds is 5. The number of nitrogens with one attached hydrogen (secondary N) is 2. The Labute approximate surface area is 194 Å². The second-order valence-corrected chi connectivity index (χ2v) is 8.48. The molecular formula is C25H22N6O3. The average Bonchev–Trinajstić information content (AvgIpc) is 3.56. The summed E-state index contributed by atoms with van der Waals surface area (Å²) in [7, 11) is 0. The van der Waals surface area contributed by atoms with E-state index in [2.05, 4.69) is 25.5 Å². The number of para-hydroxylation sites is 1. The lowest BCUT2D eigenvalue weighted by Gasteiger charge is -2.22. The molecule has 2 aromatic carbocycles. The van der Waals surface area contributed by atoms with Gasteiger partial charge in [0.1, 0.15) is 28.8 Å². The van der Waals surface area contributed by atoms with Gasteiger partial charge in [0, 0.05) is 30.0 Å². The van der Waals surface area contributed by atoms with E-state index in [0.29, 0.717) is 41.3 Å². The van der Waals surface area contributed by atoms with Gasteiger partial charge in [-0.1, -0.05) is 42.5 Å². The molecule has 1 aliphatic heterocycles. The molecule has 6 rings (SSSR count). The van der Waals surface area contributed by atoms with Crippen molar-refractivity contribution >= 4 is 39.7 Å². The Balaban J connectivity index is 1.37. The molecule has 0 radical (unpaired) electrons. The topological polar surface area (TPSA) is 120 Å². The van der Waals surface area contributed by atoms with Gasteiger partial charge in [0.25, 0.3) is 0 Å². The molecule has 170 valence electrons. The zero-order valence-electron chi connectivity index (χ0n) is 18.4. The maximum Gasteiger partial charge on any atom is 0.326 e. The van der Waals surface area contributed by atoms with Crippen molar-refractivity contribution in [3.05, 3.63) is 66.6 Å². The predicted octanol–water partition coefficient (Wildman–Crippen LogP) is 4.22. The molecule has 0 amide bonds. The maximum absolute atomic E-state index is 12.3. The van der Waals surface area contributed by atoms with Crippen LogP contribution in [0.15, 0.2) is 65.2 Å². The molecule has 3 aromatic heterocycles. The van der Waals surface area contributed by atoms with Gasteiger partial charge in [-0.3, -0.25) is 5.10 Å².